The number of aryl methyl sites for hydroxylation is 9. The van der Waals surface area contributed by atoms with E-state index in [-0.39, 0.29) is 189 Å². The minimum absolute atomic E-state index is 0.0797. The van der Waals surface area contributed by atoms with Crippen LogP contribution >= 0.6 is 0 Å². The summed E-state index contributed by atoms with van der Waals surface area (Å²) in [5.74, 6) is -4.33. The number of amides is 10. The number of hydrogen-bond acceptors (Lipinski definition) is 21. The zero-order valence-electron chi connectivity index (χ0n) is 71.4. The largest absolute Gasteiger partial charge is 0.379 e. The monoisotopic (exact) mass is 1700 g/mol. The van der Waals surface area contributed by atoms with E-state index in [0.29, 0.717) is 84.3 Å². The molecule has 37 heteroatoms. The Kier molecular flexibility index (Phi) is 36.2. The SMILES string of the molecule is CCn1nc(C)cc1C(=O)N=c1n(C)c2cc(C(N)=O)ccc2n1CCC(CCn1c(=NC(=O)c2cc(C)nn2CC)n(C)c2cc(C(N)=O)ccc21)OCC(=O)NCCOCCOCCOCCOCCC(=O)NCCOCCOCCOCC(=O)N[C@H]1C[C@@H](C(=O)NC2CCCc3ccccc32)N(C(=O)[C@@H](NC(=O)[C@H](C)NC)C2CCCCC2)C1. The van der Waals surface area contributed by atoms with Gasteiger partial charge in [-0.15, -0.1) is 0 Å². The van der Waals surface area contributed by atoms with Gasteiger partial charge in [0.05, 0.1) is 138 Å². The van der Waals surface area contributed by atoms with Gasteiger partial charge in [0.25, 0.3) is 11.8 Å². The van der Waals surface area contributed by atoms with E-state index in [4.69, 9.17) is 49.4 Å². The Hall–Kier alpha value is -10.6. The van der Waals surface area contributed by atoms with Crippen LogP contribution in [0.3, 0.4) is 0 Å². The molecule has 1 aliphatic heterocycles. The van der Waals surface area contributed by atoms with Crippen molar-refractivity contribution in [1.29, 1.82) is 0 Å². The van der Waals surface area contributed by atoms with E-state index in [1.165, 1.54) is 5.56 Å². The Morgan fingerprint density at radius 2 is 1.07 bits per heavy atom. The van der Waals surface area contributed by atoms with Gasteiger partial charge in [0, 0.05) is 83.5 Å². The average molecular weight is 1700 g/mol. The molecule has 1 unspecified atom stereocenters. The maximum atomic E-state index is 14.7. The third-order valence-corrected chi connectivity index (χ3v) is 22.1. The number of carbonyl (C=O) groups is 10. The van der Waals surface area contributed by atoms with Crippen LogP contribution < -0.4 is 54.6 Å². The number of ether oxygens (including phenoxy) is 8. The number of hydrogen-bond donors (Lipinski definition) is 8. The molecule has 664 valence electrons. The first-order chi connectivity index (χ1) is 58.9. The lowest BCUT2D eigenvalue weighted by Crippen LogP contribution is -2.58. The van der Waals surface area contributed by atoms with Crippen LogP contribution in [0.1, 0.15) is 162 Å². The third-order valence-electron chi connectivity index (χ3n) is 22.1. The normalized spacial score (nSPS) is 16.6. The molecule has 0 spiro atoms. The van der Waals surface area contributed by atoms with E-state index < -0.39 is 65.7 Å². The van der Waals surface area contributed by atoms with E-state index in [1.807, 2.05) is 41.2 Å². The fourth-order valence-electron chi connectivity index (χ4n) is 15.6. The topological polar surface area (TPSA) is 452 Å². The standard InChI is InChI=1S/C85H121N19O18/c1-9-103-71(47-55(3)96-103)81(112)94-84-98(7)68-49-60(77(86)108)23-25-66(68)100(84)32-27-63(28-33-101-67-26-24-61(78(87)109)50-69(67)99(8)85(101)95-82(113)72-48-56(4)97-104(72)10-2)122-54-74(106)90-31-36-117-38-41-119-44-43-118-40-37-115-34-29-73(105)89-30-35-116-39-42-120-45-46-121-53-75(107)91-62-51-70(80(111)92-65-22-16-20-58-17-14-15-21-64(58)65)102(52-62)83(114)76(59-18-12-11-13-19-59)93-79(110)57(5)88-6/h14-15,17,21,23-26,47-50,57,59,62-63,65,70,76,88H,9-13,16,18-20,22,27-46,51-54H2,1-8H3,(H2,86,108)(H2,87,109)(H,89,105)(H,90,106)(H,91,107)(H,92,111)(H,93,110)/t57-,62-,63?,65?,70-,76-/m0/s1. The molecule has 2 aliphatic carbocycles. The molecule has 10 N–H and O–H groups in total. The highest BCUT2D eigenvalue weighted by atomic mass is 16.6. The molecule has 10 rings (SSSR count). The fourth-order valence-corrected chi connectivity index (χ4v) is 15.6. The maximum Gasteiger partial charge on any atom is 0.298 e. The van der Waals surface area contributed by atoms with Crippen molar-refractivity contribution in [3.05, 3.63) is 129 Å². The number of rotatable bonds is 49. The molecule has 3 aliphatic rings. The first-order valence-electron chi connectivity index (χ1n) is 42.3. The van der Waals surface area contributed by atoms with Gasteiger partial charge in [0.15, 0.2) is 0 Å². The van der Waals surface area contributed by atoms with Crippen molar-refractivity contribution in [1.82, 2.24) is 74.6 Å². The van der Waals surface area contributed by atoms with Gasteiger partial charge in [-0.3, -0.25) is 57.3 Å². The summed E-state index contributed by atoms with van der Waals surface area (Å²) in [6.45, 7) is 13.5. The second kappa shape index (κ2) is 47.1. The first-order valence-corrected chi connectivity index (χ1v) is 42.3. The number of nitrogens with zero attached hydrogens (tertiary/aromatic N) is 11. The summed E-state index contributed by atoms with van der Waals surface area (Å²) >= 11 is 0. The lowest BCUT2D eigenvalue weighted by atomic mass is 9.83. The number of nitrogens with one attached hydrogen (secondary N) is 6. The second-order valence-electron chi connectivity index (χ2n) is 30.7. The molecule has 122 heavy (non-hydrogen) atoms. The Balaban J connectivity index is 0.588. The van der Waals surface area contributed by atoms with Crippen molar-refractivity contribution >= 4 is 81.1 Å². The van der Waals surface area contributed by atoms with Crippen LogP contribution in [0, 0.1) is 19.8 Å². The van der Waals surface area contributed by atoms with E-state index >= 15 is 0 Å². The molecular weight excluding hydrogens is 1580 g/mol. The number of primary amides is 2. The molecule has 0 bridgehead atoms. The predicted molar refractivity (Wildman–Crippen MR) is 449 cm³/mol. The molecule has 37 nitrogen and oxygen atoms in total. The minimum atomic E-state index is -0.862. The summed E-state index contributed by atoms with van der Waals surface area (Å²) in [6, 6.07) is 18.4. The molecule has 7 aromatic rings. The van der Waals surface area contributed by atoms with Gasteiger partial charge in [0.1, 0.15) is 36.7 Å². The third kappa shape index (κ3) is 26.2. The number of aromatic nitrogens is 8. The van der Waals surface area contributed by atoms with Gasteiger partial charge in [-0.1, -0.05) is 43.5 Å². The van der Waals surface area contributed by atoms with E-state index in [1.54, 1.807) is 114 Å². The Morgan fingerprint density at radius 3 is 1.60 bits per heavy atom. The highest BCUT2D eigenvalue weighted by Crippen LogP contribution is 2.33. The molecule has 10 amide bonds. The fraction of sp³-hybridized carbons (Fsp3) is 0.576. The molecule has 2 fully saturated rings. The summed E-state index contributed by atoms with van der Waals surface area (Å²) in [7, 11) is 5.16. The summed E-state index contributed by atoms with van der Waals surface area (Å²) in [6.07, 6.45) is 7.35. The number of likely N-dealkylation sites (tertiary alicyclic amines) is 1. The lowest BCUT2D eigenvalue weighted by Gasteiger charge is -2.35. The van der Waals surface area contributed by atoms with E-state index in [2.05, 4.69) is 58.1 Å². The van der Waals surface area contributed by atoms with Crippen LogP contribution in [0.5, 0.6) is 0 Å². The Bertz CT molecular complexity index is 4720. The van der Waals surface area contributed by atoms with E-state index in [0.717, 1.165) is 56.9 Å². The van der Waals surface area contributed by atoms with Gasteiger partial charge >= 0.3 is 0 Å². The molecule has 4 aromatic heterocycles. The van der Waals surface area contributed by atoms with Gasteiger partial charge in [-0.05, 0) is 159 Å². The molecule has 1 saturated carbocycles. The number of imidazole rings is 2. The minimum Gasteiger partial charge on any atom is -0.379 e. The highest BCUT2D eigenvalue weighted by molar-refractivity contribution is 5.99. The van der Waals surface area contributed by atoms with E-state index in [9.17, 15) is 47.9 Å². The first kappa shape index (κ1) is 93.6. The summed E-state index contributed by atoms with van der Waals surface area (Å²) < 4.78 is 56.2. The van der Waals surface area contributed by atoms with Crippen molar-refractivity contribution in [3.63, 3.8) is 0 Å². The van der Waals surface area contributed by atoms with Crippen molar-refractivity contribution in [2.75, 3.05) is 126 Å². The second-order valence-corrected chi connectivity index (χ2v) is 30.7. The smallest absolute Gasteiger partial charge is 0.298 e. The average Bonchev–Trinajstić information content (AvgIpc) is 1.62. The van der Waals surface area contributed by atoms with Gasteiger partial charge in [-0.2, -0.15) is 20.2 Å². The van der Waals surface area contributed by atoms with Gasteiger partial charge < -0.3 is 104 Å². The molecule has 1 saturated heterocycles. The van der Waals surface area contributed by atoms with Crippen molar-refractivity contribution in [3.8, 4) is 0 Å². The van der Waals surface area contributed by atoms with Crippen LogP contribution in [-0.4, -0.2) is 258 Å². The summed E-state index contributed by atoms with van der Waals surface area (Å²) in [4.78, 5) is 145. The van der Waals surface area contributed by atoms with Crippen LogP contribution in [0.25, 0.3) is 22.1 Å². The molecule has 3 aromatic carbocycles. The Labute approximate surface area is 709 Å². The highest BCUT2D eigenvalue weighted by Gasteiger charge is 2.45. The summed E-state index contributed by atoms with van der Waals surface area (Å²) in [5, 5.41) is 26.8. The summed E-state index contributed by atoms with van der Waals surface area (Å²) in [5.41, 5.74) is 19.1. The molecule has 5 atom stereocenters. The van der Waals surface area contributed by atoms with Crippen LogP contribution in [0.4, 0.5) is 0 Å². The number of carbonyl (C=O) groups excluding carboxylic acids is 10. The van der Waals surface area contributed by atoms with Crippen LogP contribution in [0.2, 0.25) is 0 Å². The molecule has 5 heterocycles. The van der Waals surface area contributed by atoms with Crippen molar-refractivity contribution in [2.24, 2.45) is 41.5 Å². The lowest BCUT2D eigenvalue weighted by molar-refractivity contribution is -0.143. The predicted octanol–water partition coefficient (Wildman–Crippen LogP) is 2.56. The van der Waals surface area contributed by atoms with Crippen LogP contribution in [0.15, 0.2) is 82.8 Å². The quantitative estimate of drug-likeness (QED) is 0.0254. The number of nitrogens with two attached hydrogens (primary N) is 2. The van der Waals surface area contributed by atoms with Gasteiger partial charge in [-0.25, -0.2) is 0 Å². The maximum absolute atomic E-state index is 14.7. The van der Waals surface area contributed by atoms with Crippen molar-refractivity contribution in [2.45, 2.75) is 174 Å². The van der Waals surface area contributed by atoms with Crippen LogP contribution in [-0.2, 0) is 113 Å². The Morgan fingerprint density at radius 1 is 0.566 bits per heavy atom. The zero-order chi connectivity index (χ0) is 87.2. The number of benzene rings is 3. The number of likely N-dealkylation sites (N-methyl/N-ethyl adjacent to an activating group) is 1. The van der Waals surface area contributed by atoms with Crippen molar-refractivity contribution < 1.29 is 85.8 Å². The zero-order valence-corrected chi connectivity index (χ0v) is 71.4. The van der Waals surface area contributed by atoms with Gasteiger partial charge in [0.2, 0.25) is 58.5 Å². The molecular formula is C85H121N19O18. The number of fused-ring (bicyclic) bond motifs is 3. The molecule has 0 radical (unpaired) electrons.